The number of guanidine groups is 1. The van der Waals surface area contributed by atoms with Gasteiger partial charge in [0.25, 0.3) is 0 Å². The number of hydrazone groups is 1. The van der Waals surface area contributed by atoms with Crippen LogP contribution in [0.2, 0.25) is 10.0 Å². The Morgan fingerprint density at radius 1 is 1.47 bits per heavy atom. The smallest absolute Gasteiger partial charge is 0.246 e. The predicted molar refractivity (Wildman–Crippen MR) is 68.5 cm³/mol. The highest BCUT2D eigenvalue weighted by Gasteiger charge is 2.10. The van der Waals surface area contributed by atoms with Gasteiger partial charge in [0, 0.05) is 12.5 Å². The fourth-order valence-corrected chi connectivity index (χ4v) is 1.56. The number of halogens is 2. The van der Waals surface area contributed by atoms with Crippen LogP contribution in [0.3, 0.4) is 0 Å². The van der Waals surface area contributed by atoms with Crippen LogP contribution in [0.25, 0.3) is 0 Å². The molecule has 0 saturated heterocycles. The average Bonchev–Trinajstić information content (AvgIpc) is 2.21. The molecule has 3 N–H and O–H groups in total. The molecular formula is C10H10Cl2N4O. The summed E-state index contributed by atoms with van der Waals surface area (Å²) in [4.78, 5) is 11.1. The molecule has 0 fully saturated rings. The van der Waals surface area contributed by atoms with Crippen molar-refractivity contribution in [1.82, 2.24) is 5.01 Å². The van der Waals surface area contributed by atoms with Crippen LogP contribution in [0.4, 0.5) is 0 Å². The van der Waals surface area contributed by atoms with Gasteiger partial charge in [0.1, 0.15) is 0 Å². The minimum atomic E-state index is -0.475. The van der Waals surface area contributed by atoms with Gasteiger partial charge in [-0.15, -0.1) is 0 Å². The van der Waals surface area contributed by atoms with Crippen LogP contribution in [0.15, 0.2) is 23.3 Å². The zero-order valence-electron chi connectivity index (χ0n) is 8.95. The molecule has 0 atom stereocenters. The molecule has 1 amide bonds. The number of benzene rings is 1. The second kappa shape index (κ2) is 5.65. The van der Waals surface area contributed by atoms with E-state index in [0.717, 1.165) is 5.01 Å². The van der Waals surface area contributed by atoms with Gasteiger partial charge in [-0.25, -0.2) is 0 Å². The lowest BCUT2D eigenvalue weighted by molar-refractivity contribution is -0.125. The molecule has 0 spiro atoms. The fourth-order valence-electron chi connectivity index (χ4n) is 1.06. The maximum absolute atomic E-state index is 11.1. The van der Waals surface area contributed by atoms with E-state index < -0.39 is 11.9 Å². The summed E-state index contributed by atoms with van der Waals surface area (Å²) in [7, 11) is 0. The molecule has 17 heavy (non-hydrogen) atoms. The Hall–Kier alpha value is -1.59. The molecular weight excluding hydrogens is 263 g/mol. The monoisotopic (exact) mass is 272 g/mol. The highest BCUT2D eigenvalue weighted by Crippen LogP contribution is 2.22. The Balaban J connectivity index is 3.04. The van der Waals surface area contributed by atoms with Gasteiger partial charge in [-0.2, -0.15) is 10.1 Å². The highest BCUT2D eigenvalue weighted by atomic mass is 35.5. The summed E-state index contributed by atoms with van der Waals surface area (Å²) in [5.74, 6) is -0.950. The molecule has 0 saturated carbocycles. The van der Waals surface area contributed by atoms with E-state index in [1.807, 2.05) is 0 Å². The van der Waals surface area contributed by atoms with Crippen molar-refractivity contribution in [3.8, 4) is 0 Å². The lowest BCUT2D eigenvalue weighted by Crippen LogP contribution is -2.35. The molecule has 1 rings (SSSR count). The Morgan fingerprint density at radius 3 is 2.41 bits per heavy atom. The molecule has 0 bridgehead atoms. The van der Waals surface area contributed by atoms with Crippen LogP contribution in [0.1, 0.15) is 12.5 Å². The number of carbonyl (C=O) groups is 1. The van der Waals surface area contributed by atoms with Gasteiger partial charge in [-0.3, -0.25) is 10.2 Å². The van der Waals surface area contributed by atoms with Crippen LogP contribution in [-0.4, -0.2) is 23.1 Å². The van der Waals surface area contributed by atoms with Crippen molar-refractivity contribution in [1.29, 1.82) is 5.41 Å². The maximum Gasteiger partial charge on any atom is 0.246 e. The zero-order valence-corrected chi connectivity index (χ0v) is 10.5. The van der Waals surface area contributed by atoms with Crippen LogP contribution >= 0.6 is 23.2 Å². The standard InChI is InChI=1S/C10H10Cl2N4O/c1-6(17)16(10(13)14)15-5-7-8(11)3-2-4-9(7)12/h2-5H,1H3,(H3,13,14)/b15-5-. The Bertz CT molecular complexity index is 453. The number of hydrogen-bond acceptors (Lipinski definition) is 3. The van der Waals surface area contributed by atoms with Crippen LogP contribution in [0, 0.1) is 5.41 Å². The average molecular weight is 273 g/mol. The molecule has 90 valence electrons. The number of nitrogens with two attached hydrogens (primary N) is 1. The van der Waals surface area contributed by atoms with E-state index in [0.29, 0.717) is 15.6 Å². The largest absolute Gasteiger partial charge is 0.368 e. The fraction of sp³-hybridized carbons (Fsp3) is 0.100. The van der Waals surface area contributed by atoms with E-state index >= 15 is 0 Å². The number of amides is 1. The summed E-state index contributed by atoms with van der Waals surface area (Å²) in [5, 5.41) is 12.4. The summed E-state index contributed by atoms with van der Waals surface area (Å²) >= 11 is 11.8. The van der Waals surface area contributed by atoms with E-state index in [4.69, 9.17) is 34.3 Å². The SMILES string of the molecule is CC(=O)N(/N=C\c1c(Cl)cccc1Cl)C(=N)N. The summed E-state index contributed by atoms with van der Waals surface area (Å²) in [5.41, 5.74) is 5.65. The highest BCUT2D eigenvalue weighted by molar-refractivity contribution is 6.38. The normalized spacial score (nSPS) is 10.5. The summed E-state index contributed by atoms with van der Waals surface area (Å²) in [6.45, 7) is 1.24. The summed E-state index contributed by atoms with van der Waals surface area (Å²) in [6, 6.07) is 4.97. The van der Waals surface area contributed by atoms with Crippen molar-refractivity contribution in [2.45, 2.75) is 6.92 Å². The third kappa shape index (κ3) is 3.44. The van der Waals surface area contributed by atoms with Crippen molar-refractivity contribution >= 4 is 41.3 Å². The maximum atomic E-state index is 11.1. The van der Waals surface area contributed by atoms with Crippen LogP contribution in [-0.2, 0) is 4.79 Å². The lowest BCUT2D eigenvalue weighted by atomic mass is 10.2. The van der Waals surface area contributed by atoms with Crippen molar-refractivity contribution in [2.24, 2.45) is 10.8 Å². The number of rotatable bonds is 2. The third-order valence-electron chi connectivity index (χ3n) is 1.83. The van der Waals surface area contributed by atoms with Crippen molar-refractivity contribution in [2.75, 3.05) is 0 Å². The minimum Gasteiger partial charge on any atom is -0.368 e. The molecule has 0 unspecified atom stereocenters. The molecule has 0 heterocycles. The van der Waals surface area contributed by atoms with Crippen molar-refractivity contribution < 1.29 is 4.79 Å². The molecule has 1 aromatic rings. The molecule has 0 aliphatic heterocycles. The topological polar surface area (TPSA) is 82.5 Å². The molecule has 1 aromatic carbocycles. The first-order valence-electron chi connectivity index (χ1n) is 4.56. The van der Waals surface area contributed by atoms with Crippen molar-refractivity contribution in [3.63, 3.8) is 0 Å². The lowest BCUT2D eigenvalue weighted by Gasteiger charge is -2.11. The van der Waals surface area contributed by atoms with Gasteiger partial charge in [-0.1, -0.05) is 29.3 Å². The third-order valence-corrected chi connectivity index (χ3v) is 2.49. The molecule has 5 nitrogen and oxygen atoms in total. The Morgan fingerprint density at radius 2 is 2.00 bits per heavy atom. The zero-order chi connectivity index (χ0) is 13.0. The quantitative estimate of drug-likeness (QED) is 0.491. The second-order valence-corrected chi connectivity index (χ2v) is 3.91. The summed E-state index contributed by atoms with van der Waals surface area (Å²) < 4.78 is 0. The summed E-state index contributed by atoms with van der Waals surface area (Å²) in [6.07, 6.45) is 1.29. The first kappa shape index (κ1) is 13.5. The number of nitrogens with zero attached hydrogens (tertiary/aromatic N) is 2. The van der Waals surface area contributed by atoms with Crippen molar-refractivity contribution in [3.05, 3.63) is 33.8 Å². The Labute approximate surface area is 108 Å². The molecule has 0 aliphatic rings. The first-order chi connectivity index (χ1) is 7.93. The van der Waals surface area contributed by atoms with E-state index in [2.05, 4.69) is 5.10 Å². The number of carbonyl (C=O) groups excluding carboxylic acids is 1. The Kier molecular flexibility index (Phi) is 4.48. The van der Waals surface area contributed by atoms with Gasteiger partial charge in [0.05, 0.1) is 16.3 Å². The molecule has 7 heteroatoms. The van der Waals surface area contributed by atoms with Gasteiger partial charge in [0.2, 0.25) is 11.9 Å². The van der Waals surface area contributed by atoms with Gasteiger partial charge in [0.15, 0.2) is 0 Å². The molecule has 0 radical (unpaired) electrons. The molecule has 0 aromatic heterocycles. The van der Waals surface area contributed by atoms with E-state index in [-0.39, 0.29) is 0 Å². The number of nitrogens with one attached hydrogen (secondary N) is 1. The van der Waals surface area contributed by atoms with Crippen LogP contribution in [0.5, 0.6) is 0 Å². The van der Waals surface area contributed by atoms with Crippen LogP contribution < -0.4 is 5.73 Å². The minimum absolute atomic E-state index is 0.397. The second-order valence-electron chi connectivity index (χ2n) is 3.10. The van der Waals surface area contributed by atoms with E-state index in [1.165, 1.54) is 13.1 Å². The predicted octanol–water partition coefficient (Wildman–Crippen LogP) is 2.07. The van der Waals surface area contributed by atoms with E-state index in [9.17, 15) is 4.79 Å². The molecule has 0 aliphatic carbocycles. The first-order valence-corrected chi connectivity index (χ1v) is 5.31. The van der Waals surface area contributed by atoms with E-state index in [1.54, 1.807) is 18.2 Å². The van der Waals surface area contributed by atoms with Gasteiger partial charge >= 0.3 is 0 Å². The van der Waals surface area contributed by atoms with Gasteiger partial charge in [-0.05, 0) is 12.1 Å². The number of hydrogen-bond donors (Lipinski definition) is 2. The van der Waals surface area contributed by atoms with Gasteiger partial charge < -0.3 is 5.73 Å².